The van der Waals surface area contributed by atoms with Crippen molar-refractivity contribution in [1.29, 1.82) is 0 Å². The van der Waals surface area contributed by atoms with Crippen LogP contribution in [0.1, 0.15) is 42.5 Å². The average molecular weight is 470 g/mol. The first-order chi connectivity index (χ1) is 16.0. The van der Waals surface area contributed by atoms with Crippen molar-refractivity contribution >= 4 is 40.1 Å². The van der Waals surface area contributed by atoms with Gasteiger partial charge in [-0.15, -0.1) is 0 Å². The number of rotatable bonds is 7. The number of hydrogen-bond donors (Lipinski definition) is 1. The summed E-state index contributed by atoms with van der Waals surface area (Å²) in [5, 5.41) is 10.0. The number of carboxylic acid groups (broad SMARTS) is 1. The van der Waals surface area contributed by atoms with Crippen LogP contribution in [0.5, 0.6) is 0 Å². The van der Waals surface area contributed by atoms with Gasteiger partial charge in [0.05, 0.1) is 17.4 Å². The van der Waals surface area contributed by atoms with Gasteiger partial charge in [0, 0.05) is 43.8 Å². The van der Waals surface area contributed by atoms with E-state index in [0.29, 0.717) is 36.1 Å². The Morgan fingerprint density at radius 1 is 1.24 bits per heavy atom. The number of hydrogen-bond acceptors (Lipinski definition) is 9. The number of carbonyl (C=O) groups excluding carboxylic acids is 1. The number of Topliss-reactive ketones (excluding diaryl/α,β-unsaturated/α-hetero) is 1. The van der Waals surface area contributed by atoms with Crippen molar-refractivity contribution in [3.05, 3.63) is 40.4 Å². The Kier molecular flexibility index (Phi) is 5.90. The number of fused-ring (bicyclic) bond motifs is 1. The van der Waals surface area contributed by atoms with Crippen LogP contribution in [0.25, 0.3) is 16.2 Å². The molecule has 5 rings (SSSR count). The van der Waals surface area contributed by atoms with Crippen molar-refractivity contribution in [3.63, 3.8) is 0 Å². The van der Waals surface area contributed by atoms with Gasteiger partial charge in [-0.3, -0.25) is 14.2 Å². The second-order valence-corrected chi connectivity index (χ2v) is 9.17. The molecule has 0 saturated carbocycles. The van der Waals surface area contributed by atoms with Gasteiger partial charge in [-0.25, -0.2) is 14.8 Å². The number of aromatic nitrogens is 4. The highest BCUT2D eigenvalue weighted by atomic mass is 32.1. The third-order valence-corrected chi connectivity index (χ3v) is 6.93. The lowest BCUT2D eigenvalue weighted by Crippen LogP contribution is -2.51. The molecule has 0 radical (unpaired) electrons. The molecule has 0 aliphatic carbocycles. The molecule has 2 aliphatic heterocycles. The summed E-state index contributed by atoms with van der Waals surface area (Å²) in [5.41, 5.74) is -0.647. The van der Waals surface area contributed by atoms with Gasteiger partial charge in [0.25, 0.3) is 0 Å². The van der Waals surface area contributed by atoms with Gasteiger partial charge in [0.1, 0.15) is 23.5 Å². The largest absolute Gasteiger partial charge is 0.477 e. The van der Waals surface area contributed by atoms with Crippen LogP contribution in [0.15, 0.2) is 29.5 Å². The van der Waals surface area contributed by atoms with Gasteiger partial charge in [0.2, 0.25) is 10.6 Å². The second kappa shape index (κ2) is 8.99. The molecule has 0 aromatic carbocycles. The van der Waals surface area contributed by atoms with Crippen molar-refractivity contribution in [2.24, 2.45) is 5.92 Å². The molecule has 3 aromatic rings. The van der Waals surface area contributed by atoms with Gasteiger partial charge in [-0.1, -0.05) is 0 Å². The van der Waals surface area contributed by atoms with E-state index in [0.717, 1.165) is 37.4 Å². The third kappa shape index (κ3) is 4.25. The van der Waals surface area contributed by atoms with E-state index in [1.54, 1.807) is 12.1 Å². The fourth-order valence-corrected chi connectivity index (χ4v) is 4.86. The van der Waals surface area contributed by atoms with Crippen LogP contribution in [0, 0.1) is 5.92 Å². The summed E-state index contributed by atoms with van der Waals surface area (Å²) < 4.78 is 11.2. The molecule has 1 N–H and O–H groups in total. The van der Waals surface area contributed by atoms with Crippen molar-refractivity contribution in [2.45, 2.75) is 38.2 Å². The minimum Gasteiger partial charge on any atom is -0.477 e. The van der Waals surface area contributed by atoms with Crippen LogP contribution >= 0.6 is 11.5 Å². The van der Waals surface area contributed by atoms with E-state index >= 15 is 0 Å². The minimum absolute atomic E-state index is 0.0363. The maximum Gasteiger partial charge on any atom is 0.341 e. The number of ketones is 1. The number of nitrogens with zero attached hydrogens (tertiary/aromatic N) is 5. The lowest BCUT2D eigenvalue weighted by atomic mass is 9.91. The molecule has 1 atom stereocenters. The predicted octanol–water partition coefficient (Wildman–Crippen LogP) is 2.29. The van der Waals surface area contributed by atoms with Crippen LogP contribution in [0.4, 0.5) is 5.82 Å². The van der Waals surface area contributed by atoms with Crippen molar-refractivity contribution in [2.75, 3.05) is 24.6 Å². The Balaban J connectivity index is 1.34. The second-order valence-electron chi connectivity index (χ2n) is 8.41. The number of carbonyl (C=O) groups is 2. The van der Waals surface area contributed by atoms with Crippen LogP contribution in [-0.4, -0.2) is 61.6 Å². The fourth-order valence-electron chi connectivity index (χ4n) is 4.35. The number of carboxylic acids is 1. The van der Waals surface area contributed by atoms with Crippen LogP contribution in [0.2, 0.25) is 0 Å². The van der Waals surface area contributed by atoms with Gasteiger partial charge in [-0.05, 0) is 37.8 Å². The number of anilines is 1. The summed E-state index contributed by atoms with van der Waals surface area (Å²) in [6.07, 6.45) is 7.41. The lowest BCUT2D eigenvalue weighted by Gasteiger charge is -2.39. The molecule has 2 fully saturated rings. The first kappa shape index (κ1) is 21.7. The summed E-state index contributed by atoms with van der Waals surface area (Å²) in [6, 6.07) is 3.27. The van der Waals surface area contributed by atoms with Crippen molar-refractivity contribution in [3.8, 4) is 5.13 Å². The molecule has 2 saturated heterocycles. The van der Waals surface area contributed by atoms with Crippen molar-refractivity contribution in [1.82, 2.24) is 18.9 Å². The highest BCUT2D eigenvalue weighted by Crippen LogP contribution is 2.28. The number of ether oxygens (including phenoxy) is 1. The zero-order valence-corrected chi connectivity index (χ0v) is 18.7. The summed E-state index contributed by atoms with van der Waals surface area (Å²) in [6.45, 7) is 1.93. The first-order valence-electron chi connectivity index (χ1n) is 11.0. The molecule has 0 bridgehead atoms. The van der Waals surface area contributed by atoms with Gasteiger partial charge in [-0.2, -0.15) is 4.37 Å². The Labute approximate surface area is 193 Å². The van der Waals surface area contributed by atoms with E-state index in [4.69, 9.17) is 4.74 Å². The number of pyridine rings is 2. The molecule has 11 heteroatoms. The Morgan fingerprint density at radius 2 is 2.09 bits per heavy atom. The standard InChI is InChI=1S/C22H23N5O5S/c28-17(6-4-14-3-1-2-8-32-14)13-9-26(10-13)18-7-5-15-19(29)16(21(30)31)11-27(20(15)25-18)22-23-12-24-33-22/h5,7,11-14H,1-4,6,8-10H2,(H,30,31). The summed E-state index contributed by atoms with van der Waals surface area (Å²) in [5.74, 6) is -0.473. The molecular formula is C22H23N5O5S. The maximum atomic E-state index is 12.7. The molecule has 0 spiro atoms. The van der Waals surface area contributed by atoms with Crippen LogP contribution in [0.3, 0.4) is 0 Å². The topological polar surface area (TPSA) is 128 Å². The highest BCUT2D eigenvalue weighted by Gasteiger charge is 2.34. The monoisotopic (exact) mass is 469 g/mol. The van der Waals surface area contributed by atoms with Crippen molar-refractivity contribution < 1.29 is 19.4 Å². The molecular weight excluding hydrogens is 446 g/mol. The minimum atomic E-state index is -1.31. The SMILES string of the molecule is O=C(O)c1cn(-c2ncns2)c2nc(N3CC(C(=O)CCC4CCCCO4)C3)ccc2c1=O. The van der Waals surface area contributed by atoms with Crippen LogP contribution < -0.4 is 10.3 Å². The highest BCUT2D eigenvalue weighted by molar-refractivity contribution is 7.08. The zero-order valence-electron chi connectivity index (χ0n) is 17.8. The number of aromatic carboxylic acids is 1. The van der Waals surface area contributed by atoms with E-state index in [1.807, 2.05) is 4.90 Å². The van der Waals surface area contributed by atoms with E-state index in [-0.39, 0.29) is 28.8 Å². The molecule has 1 unspecified atom stereocenters. The molecule has 172 valence electrons. The van der Waals surface area contributed by atoms with Gasteiger partial charge in [0.15, 0.2) is 5.65 Å². The lowest BCUT2D eigenvalue weighted by molar-refractivity contribution is -0.124. The molecule has 10 nitrogen and oxygen atoms in total. The van der Waals surface area contributed by atoms with Gasteiger partial charge >= 0.3 is 5.97 Å². The molecule has 33 heavy (non-hydrogen) atoms. The zero-order chi connectivity index (χ0) is 22.9. The Bertz CT molecular complexity index is 1250. The maximum absolute atomic E-state index is 12.7. The van der Waals surface area contributed by atoms with E-state index in [2.05, 4.69) is 14.3 Å². The fraction of sp³-hybridized carbons (Fsp3) is 0.455. The van der Waals surface area contributed by atoms with Gasteiger partial charge < -0.3 is 14.7 Å². The first-order valence-corrected chi connectivity index (χ1v) is 11.7. The Hall–Kier alpha value is -3.18. The van der Waals surface area contributed by atoms with Crippen LogP contribution in [-0.2, 0) is 9.53 Å². The van der Waals surface area contributed by atoms with E-state index in [9.17, 15) is 19.5 Å². The molecule has 5 heterocycles. The third-order valence-electron chi connectivity index (χ3n) is 6.27. The normalized spacial score (nSPS) is 18.9. The average Bonchev–Trinajstić information content (AvgIpc) is 3.32. The molecule has 2 aliphatic rings. The molecule has 3 aromatic heterocycles. The summed E-state index contributed by atoms with van der Waals surface area (Å²) in [4.78, 5) is 47.6. The molecule has 0 amide bonds. The quantitative estimate of drug-likeness (QED) is 0.554. The Morgan fingerprint density at radius 3 is 2.79 bits per heavy atom. The predicted molar refractivity (Wildman–Crippen MR) is 121 cm³/mol. The van der Waals surface area contributed by atoms with E-state index in [1.165, 1.54) is 23.5 Å². The summed E-state index contributed by atoms with van der Waals surface area (Å²) >= 11 is 1.07. The summed E-state index contributed by atoms with van der Waals surface area (Å²) in [7, 11) is 0. The smallest absolute Gasteiger partial charge is 0.341 e. The van der Waals surface area contributed by atoms with E-state index < -0.39 is 11.4 Å².